The first-order chi connectivity index (χ1) is 9.11. The Bertz CT molecular complexity index is 505. The first kappa shape index (κ1) is 13.1. The molecule has 3 atom stereocenters. The molecule has 102 valence electrons. The molecule has 1 N–H and O–H groups in total. The van der Waals surface area contributed by atoms with Crippen LogP contribution in [0.5, 0.6) is 0 Å². The third-order valence-corrected chi connectivity index (χ3v) is 5.19. The molecule has 2 aliphatic rings. The highest BCUT2D eigenvalue weighted by atomic mass is 79.9. The molecule has 1 aromatic rings. The summed E-state index contributed by atoms with van der Waals surface area (Å²) >= 11 is 3.27. The Balaban J connectivity index is 1.59. The molecule has 1 amide bonds. The lowest BCUT2D eigenvalue weighted by Crippen LogP contribution is -2.20. The fraction of sp³-hybridized carbons (Fsp3) is 0.533. The topological polar surface area (TPSA) is 29.1 Å². The van der Waals surface area contributed by atoms with E-state index in [1.807, 2.05) is 0 Å². The van der Waals surface area contributed by atoms with Crippen LogP contribution < -0.4 is 5.32 Å². The lowest BCUT2D eigenvalue weighted by atomic mass is 9.86. The molecule has 0 aromatic heterocycles. The normalized spacial score (nSPS) is 28.6. The summed E-state index contributed by atoms with van der Waals surface area (Å²) in [7, 11) is 0. The number of nitrogens with one attached hydrogen (secondary N) is 1. The molecule has 2 nitrogen and oxygen atoms in total. The zero-order valence-electron chi connectivity index (χ0n) is 10.7. The van der Waals surface area contributed by atoms with Gasteiger partial charge in [-0.2, -0.15) is 0 Å². The van der Waals surface area contributed by atoms with Crippen LogP contribution in [0.25, 0.3) is 0 Å². The first-order valence-electron chi connectivity index (χ1n) is 6.86. The van der Waals surface area contributed by atoms with E-state index in [1.165, 1.54) is 37.8 Å². The van der Waals surface area contributed by atoms with Crippen molar-refractivity contribution in [3.05, 3.63) is 28.5 Å². The standard InChI is InChI=1S/C15H17BrFNO/c16-13-8-12(17)3-4-14(13)18-15(19)7-11-6-9-1-2-10(11)5-9/h3-4,8-11H,1-2,5-7H2,(H,18,19). The van der Waals surface area contributed by atoms with Gasteiger partial charge in [0.2, 0.25) is 5.91 Å². The van der Waals surface area contributed by atoms with Crippen LogP contribution >= 0.6 is 15.9 Å². The maximum absolute atomic E-state index is 13.0. The lowest BCUT2D eigenvalue weighted by Gasteiger charge is -2.21. The number of anilines is 1. The van der Waals surface area contributed by atoms with Gasteiger partial charge in [-0.15, -0.1) is 0 Å². The van der Waals surface area contributed by atoms with Gasteiger partial charge < -0.3 is 5.32 Å². The Morgan fingerprint density at radius 1 is 1.37 bits per heavy atom. The third-order valence-electron chi connectivity index (χ3n) is 4.54. The molecule has 0 radical (unpaired) electrons. The van der Waals surface area contributed by atoms with E-state index in [1.54, 1.807) is 6.07 Å². The molecule has 4 heteroatoms. The third kappa shape index (κ3) is 2.83. The number of amides is 1. The fourth-order valence-electron chi connectivity index (χ4n) is 3.66. The van der Waals surface area contributed by atoms with Gasteiger partial charge in [-0.05, 0) is 71.1 Å². The lowest BCUT2D eigenvalue weighted by molar-refractivity contribution is -0.117. The van der Waals surface area contributed by atoms with E-state index in [0.717, 1.165) is 11.8 Å². The van der Waals surface area contributed by atoms with Crippen molar-refractivity contribution in [3.63, 3.8) is 0 Å². The van der Waals surface area contributed by atoms with Crippen LogP contribution in [-0.4, -0.2) is 5.91 Å². The maximum atomic E-state index is 13.0. The van der Waals surface area contributed by atoms with Crippen molar-refractivity contribution in [1.29, 1.82) is 0 Å². The largest absolute Gasteiger partial charge is 0.325 e. The Morgan fingerprint density at radius 3 is 2.84 bits per heavy atom. The van der Waals surface area contributed by atoms with Crippen LogP contribution in [0, 0.1) is 23.6 Å². The van der Waals surface area contributed by atoms with Gasteiger partial charge in [0.15, 0.2) is 0 Å². The van der Waals surface area contributed by atoms with Crippen LogP contribution in [0.1, 0.15) is 32.1 Å². The van der Waals surface area contributed by atoms with Crippen molar-refractivity contribution in [2.75, 3.05) is 5.32 Å². The molecular weight excluding hydrogens is 309 g/mol. The Kier molecular flexibility index (Phi) is 3.61. The molecular formula is C15H17BrFNO. The van der Waals surface area contributed by atoms with E-state index in [-0.39, 0.29) is 11.7 Å². The molecule has 1 aromatic carbocycles. The summed E-state index contributed by atoms with van der Waals surface area (Å²) in [6, 6.07) is 4.32. The van der Waals surface area contributed by atoms with Gasteiger partial charge in [-0.1, -0.05) is 6.42 Å². The van der Waals surface area contributed by atoms with Gasteiger partial charge >= 0.3 is 0 Å². The summed E-state index contributed by atoms with van der Waals surface area (Å²) < 4.78 is 13.6. The minimum absolute atomic E-state index is 0.0462. The second-order valence-corrected chi connectivity index (χ2v) is 6.67. The fourth-order valence-corrected chi connectivity index (χ4v) is 4.11. The van der Waals surface area contributed by atoms with Crippen molar-refractivity contribution in [2.24, 2.45) is 17.8 Å². The number of fused-ring (bicyclic) bond motifs is 2. The van der Waals surface area contributed by atoms with E-state index >= 15 is 0 Å². The van der Waals surface area contributed by atoms with Crippen molar-refractivity contribution in [3.8, 4) is 0 Å². The number of halogens is 2. The molecule has 0 saturated heterocycles. The number of hydrogen-bond donors (Lipinski definition) is 1. The van der Waals surface area contributed by atoms with Crippen LogP contribution in [-0.2, 0) is 4.79 Å². The molecule has 2 saturated carbocycles. The number of carbonyl (C=O) groups excluding carboxylic acids is 1. The van der Waals surface area contributed by atoms with Crippen LogP contribution in [0.3, 0.4) is 0 Å². The minimum atomic E-state index is -0.307. The summed E-state index contributed by atoms with van der Waals surface area (Å²) in [6.07, 6.45) is 5.78. The monoisotopic (exact) mass is 325 g/mol. The van der Waals surface area contributed by atoms with Crippen molar-refractivity contribution in [1.82, 2.24) is 0 Å². The number of benzene rings is 1. The minimum Gasteiger partial charge on any atom is -0.325 e. The second kappa shape index (κ2) is 5.23. The molecule has 2 bridgehead atoms. The zero-order valence-corrected chi connectivity index (χ0v) is 12.2. The summed E-state index contributed by atoms with van der Waals surface area (Å²) in [6.45, 7) is 0. The number of carbonyl (C=O) groups is 1. The van der Waals surface area contributed by atoms with Gasteiger partial charge in [0.1, 0.15) is 5.82 Å². The SMILES string of the molecule is O=C(CC1CC2CCC1C2)Nc1ccc(F)cc1Br. The Labute approximate surface area is 120 Å². The highest BCUT2D eigenvalue weighted by Gasteiger charge is 2.40. The van der Waals surface area contributed by atoms with Gasteiger partial charge in [0, 0.05) is 10.9 Å². The van der Waals surface area contributed by atoms with E-state index < -0.39 is 0 Å². The van der Waals surface area contributed by atoms with Crippen LogP contribution in [0.4, 0.5) is 10.1 Å². The summed E-state index contributed by atoms with van der Waals surface area (Å²) in [5.74, 6) is 1.91. The van der Waals surface area contributed by atoms with E-state index in [4.69, 9.17) is 0 Å². The van der Waals surface area contributed by atoms with Gasteiger partial charge in [0.25, 0.3) is 0 Å². The van der Waals surface area contributed by atoms with Gasteiger partial charge in [-0.3, -0.25) is 4.79 Å². The van der Waals surface area contributed by atoms with Gasteiger partial charge in [-0.25, -0.2) is 4.39 Å². The van der Waals surface area contributed by atoms with Crippen molar-refractivity contribution in [2.45, 2.75) is 32.1 Å². The smallest absolute Gasteiger partial charge is 0.224 e. The first-order valence-corrected chi connectivity index (χ1v) is 7.66. The Morgan fingerprint density at radius 2 is 2.21 bits per heavy atom. The molecule has 19 heavy (non-hydrogen) atoms. The molecule has 0 spiro atoms. The highest BCUT2D eigenvalue weighted by Crippen LogP contribution is 2.49. The summed E-state index contributed by atoms with van der Waals surface area (Å²) in [4.78, 5) is 12.1. The van der Waals surface area contributed by atoms with E-state index in [0.29, 0.717) is 22.5 Å². The predicted octanol–water partition coefficient (Wildman–Crippen LogP) is 4.35. The highest BCUT2D eigenvalue weighted by molar-refractivity contribution is 9.10. The van der Waals surface area contributed by atoms with Crippen molar-refractivity contribution < 1.29 is 9.18 Å². The average molecular weight is 326 g/mol. The molecule has 0 aliphatic heterocycles. The number of rotatable bonds is 3. The molecule has 3 unspecified atom stereocenters. The van der Waals surface area contributed by atoms with E-state index in [9.17, 15) is 9.18 Å². The Hall–Kier alpha value is -0.900. The van der Waals surface area contributed by atoms with Gasteiger partial charge in [0.05, 0.1) is 5.69 Å². The molecule has 2 fully saturated rings. The number of hydrogen-bond acceptors (Lipinski definition) is 1. The second-order valence-electron chi connectivity index (χ2n) is 5.81. The van der Waals surface area contributed by atoms with Crippen LogP contribution in [0.15, 0.2) is 22.7 Å². The summed E-state index contributed by atoms with van der Waals surface area (Å²) in [5.41, 5.74) is 0.648. The quantitative estimate of drug-likeness (QED) is 0.879. The van der Waals surface area contributed by atoms with E-state index in [2.05, 4.69) is 21.2 Å². The van der Waals surface area contributed by atoms with Crippen LogP contribution in [0.2, 0.25) is 0 Å². The summed E-state index contributed by atoms with van der Waals surface area (Å²) in [5, 5.41) is 2.87. The van der Waals surface area contributed by atoms with Crippen molar-refractivity contribution >= 4 is 27.5 Å². The zero-order chi connectivity index (χ0) is 13.4. The molecule has 2 aliphatic carbocycles. The predicted molar refractivity (Wildman–Crippen MR) is 76.3 cm³/mol. The maximum Gasteiger partial charge on any atom is 0.224 e. The molecule has 3 rings (SSSR count). The average Bonchev–Trinajstić information content (AvgIpc) is 2.95. The molecule has 0 heterocycles.